The molecule has 2 N–H and O–H groups in total. The molecule has 0 heterocycles. The number of carboxylic acids is 2. The number of carboxylic acid groups (broad SMARTS) is 2. The maximum atomic E-state index is 11.8. The molecule has 0 saturated heterocycles. The van der Waals surface area contributed by atoms with Crippen LogP contribution in [0.2, 0.25) is 0 Å². The highest BCUT2D eigenvalue weighted by molar-refractivity contribution is 6.07. The summed E-state index contributed by atoms with van der Waals surface area (Å²) in [6.45, 7) is 0. The average molecular weight is 366 g/mol. The Balaban J connectivity index is 2.03. The molecule has 2 aromatic carbocycles. The molecule has 7 nitrogen and oxygen atoms in total. The predicted octanol–water partition coefficient (Wildman–Crippen LogP) is 3.13. The first-order valence-electron chi connectivity index (χ1n) is 7.64. The summed E-state index contributed by atoms with van der Waals surface area (Å²) in [5, 5.41) is 17.0. The Hall–Kier alpha value is -4.00. The highest BCUT2D eigenvalue weighted by Gasteiger charge is 2.06. The fourth-order valence-electron chi connectivity index (χ4n) is 2.00. The van der Waals surface area contributed by atoms with E-state index in [4.69, 9.17) is 14.9 Å². The van der Waals surface area contributed by atoms with Crippen molar-refractivity contribution in [1.29, 1.82) is 0 Å². The van der Waals surface area contributed by atoms with Crippen LogP contribution in [0, 0.1) is 0 Å². The van der Waals surface area contributed by atoms with E-state index in [0.29, 0.717) is 22.6 Å². The minimum Gasteiger partial charge on any atom is -0.478 e. The van der Waals surface area contributed by atoms with Crippen molar-refractivity contribution in [2.45, 2.75) is 0 Å². The van der Waals surface area contributed by atoms with E-state index in [9.17, 15) is 19.2 Å². The number of allylic oxidation sites excluding steroid dienone is 2. The molecule has 0 bridgehead atoms. The molecule has 2 aromatic rings. The van der Waals surface area contributed by atoms with E-state index in [0.717, 1.165) is 24.3 Å². The summed E-state index contributed by atoms with van der Waals surface area (Å²) >= 11 is 0. The van der Waals surface area contributed by atoms with Gasteiger partial charge in [-0.15, -0.1) is 0 Å². The largest absolute Gasteiger partial charge is 0.478 e. The molecule has 27 heavy (non-hydrogen) atoms. The summed E-state index contributed by atoms with van der Waals surface area (Å²) < 4.78 is 5.60. The predicted molar refractivity (Wildman–Crippen MR) is 95.2 cm³/mol. The van der Waals surface area contributed by atoms with Crippen LogP contribution >= 0.6 is 0 Å². The van der Waals surface area contributed by atoms with Crippen LogP contribution in [0.25, 0.3) is 0 Å². The van der Waals surface area contributed by atoms with Crippen molar-refractivity contribution in [1.82, 2.24) is 0 Å². The average Bonchev–Trinajstić information content (AvgIpc) is 2.65. The molecule has 0 unspecified atom stereocenters. The van der Waals surface area contributed by atoms with Gasteiger partial charge in [-0.2, -0.15) is 0 Å². The van der Waals surface area contributed by atoms with E-state index in [-0.39, 0.29) is 0 Å². The number of hydrogen-bond donors (Lipinski definition) is 2. The van der Waals surface area contributed by atoms with Crippen molar-refractivity contribution in [3.63, 3.8) is 0 Å². The van der Waals surface area contributed by atoms with Crippen LogP contribution in [0.15, 0.2) is 72.8 Å². The molecule has 0 radical (unpaired) electrons. The lowest BCUT2D eigenvalue weighted by atomic mass is 10.1. The molecule has 136 valence electrons. The Bertz CT molecular complexity index is 842. The zero-order chi connectivity index (χ0) is 19.8. The third-order valence-electron chi connectivity index (χ3n) is 3.27. The third-order valence-corrected chi connectivity index (χ3v) is 3.27. The zero-order valence-electron chi connectivity index (χ0n) is 13.9. The maximum absolute atomic E-state index is 11.8. The van der Waals surface area contributed by atoms with Gasteiger partial charge in [0, 0.05) is 23.3 Å². The van der Waals surface area contributed by atoms with Crippen molar-refractivity contribution in [3.8, 4) is 11.5 Å². The van der Waals surface area contributed by atoms with Crippen LogP contribution in [0.5, 0.6) is 11.5 Å². The molecule has 2 rings (SSSR count). The number of carbonyl (C=O) groups is 4. The Morgan fingerprint density at radius 2 is 0.926 bits per heavy atom. The maximum Gasteiger partial charge on any atom is 0.328 e. The minimum atomic E-state index is -1.20. The van der Waals surface area contributed by atoms with Crippen LogP contribution in [0.1, 0.15) is 20.7 Å². The highest BCUT2D eigenvalue weighted by Crippen LogP contribution is 2.22. The van der Waals surface area contributed by atoms with Gasteiger partial charge in [0.15, 0.2) is 11.6 Å². The molecule has 0 aromatic heterocycles. The number of ether oxygens (including phenoxy) is 1. The van der Waals surface area contributed by atoms with Gasteiger partial charge in [0.2, 0.25) is 0 Å². The van der Waals surface area contributed by atoms with E-state index >= 15 is 0 Å². The van der Waals surface area contributed by atoms with Crippen LogP contribution < -0.4 is 4.74 Å². The zero-order valence-corrected chi connectivity index (χ0v) is 13.9. The summed E-state index contributed by atoms with van der Waals surface area (Å²) in [6, 6.07) is 12.2. The van der Waals surface area contributed by atoms with Crippen molar-refractivity contribution in [2.75, 3.05) is 0 Å². The summed E-state index contributed by atoms with van der Waals surface area (Å²) in [5.41, 5.74) is 0.622. The first-order valence-corrected chi connectivity index (χ1v) is 7.64. The molecule has 0 aliphatic rings. The number of ketones is 2. The normalized spacial score (nSPS) is 10.8. The topological polar surface area (TPSA) is 118 Å². The van der Waals surface area contributed by atoms with Crippen LogP contribution in [0.3, 0.4) is 0 Å². The van der Waals surface area contributed by atoms with Crippen molar-refractivity contribution >= 4 is 23.5 Å². The Morgan fingerprint density at radius 1 is 0.593 bits per heavy atom. The Kier molecular flexibility index (Phi) is 6.38. The lowest BCUT2D eigenvalue weighted by Crippen LogP contribution is -1.97. The molecule has 7 heteroatoms. The second-order valence-electron chi connectivity index (χ2n) is 5.22. The third kappa shape index (κ3) is 6.09. The van der Waals surface area contributed by atoms with Crippen LogP contribution in [-0.2, 0) is 9.59 Å². The Labute approximate surface area is 153 Å². The van der Waals surface area contributed by atoms with Gasteiger partial charge in [-0.05, 0) is 60.7 Å². The SMILES string of the molecule is O=C(O)C=CC(=O)c1ccc(Oc2ccc(C(=O)C=CC(=O)O)cc2)cc1. The molecule has 0 spiro atoms. The second-order valence-corrected chi connectivity index (χ2v) is 5.22. The fraction of sp³-hybridized carbons (Fsp3) is 0. The molecule has 0 aliphatic heterocycles. The lowest BCUT2D eigenvalue weighted by Gasteiger charge is -2.06. The molecule has 0 amide bonds. The number of aliphatic carboxylic acids is 2. The second kappa shape index (κ2) is 8.91. The molecule has 0 fully saturated rings. The standard InChI is InChI=1S/C20H14O7/c21-17(9-11-19(23)24)13-1-5-15(6-2-13)27-16-7-3-14(4-8-16)18(22)10-12-20(25)26/h1-12H,(H,23,24)(H,25,26). The molecular weight excluding hydrogens is 352 g/mol. The van der Waals surface area contributed by atoms with E-state index in [1.165, 1.54) is 24.3 Å². The van der Waals surface area contributed by atoms with E-state index in [1.807, 2.05) is 0 Å². The van der Waals surface area contributed by atoms with Crippen LogP contribution in [-0.4, -0.2) is 33.7 Å². The molecule has 0 aliphatic carbocycles. The van der Waals surface area contributed by atoms with Gasteiger partial charge in [-0.3, -0.25) is 9.59 Å². The van der Waals surface area contributed by atoms with Gasteiger partial charge >= 0.3 is 11.9 Å². The molecule has 0 atom stereocenters. The summed E-state index contributed by atoms with van der Waals surface area (Å²) in [6.07, 6.45) is 3.46. The van der Waals surface area contributed by atoms with Crippen LogP contribution in [0.4, 0.5) is 0 Å². The van der Waals surface area contributed by atoms with Crippen molar-refractivity contribution in [3.05, 3.63) is 84.0 Å². The van der Waals surface area contributed by atoms with Gasteiger partial charge in [0.1, 0.15) is 11.5 Å². The lowest BCUT2D eigenvalue weighted by molar-refractivity contribution is -0.132. The number of benzene rings is 2. The number of carbonyl (C=O) groups excluding carboxylic acids is 2. The fourth-order valence-corrected chi connectivity index (χ4v) is 2.00. The summed E-state index contributed by atoms with van der Waals surface area (Å²) in [7, 11) is 0. The van der Waals surface area contributed by atoms with E-state index in [2.05, 4.69) is 0 Å². The number of hydrogen-bond acceptors (Lipinski definition) is 5. The molecular formula is C20H14O7. The van der Waals surface area contributed by atoms with Gasteiger partial charge in [-0.25, -0.2) is 9.59 Å². The minimum absolute atomic E-state index is 0.311. The van der Waals surface area contributed by atoms with E-state index in [1.54, 1.807) is 24.3 Å². The van der Waals surface area contributed by atoms with Gasteiger partial charge in [0.25, 0.3) is 0 Å². The van der Waals surface area contributed by atoms with Gasteiger partial charge in [-0.1, -0.05) is 0 Å². The van der Waals surface area contributed by atoms with Gasteiger partial charge in [0.05, 0.1) is 0 Å². The first kappa shape index (κ1) is 19.3. The Morgan fingerprint density at radius 3 is 1.22 bits per heavy atom. The first-order chi connectivity index (χ1) is 12.8. The smallest absolute Gasteiger partial charge is 0.328 e. The van der Waals surface area contributed by atoms with Crippen molar-refractivity contribution in [2.24, 2.45) is 0 Å². The summed E-state index contributed by atoms with van der Waals surface area (Å²) in [4.78, 5) is 44.3. The summed E-state index contributed by atoms with van der Waals surface area (Å²) in [5.74, 6) is -2.41. The quantitative estimate of drug-likeness (QED) is 0.544. The van der Waals surface area contributed by atoms with Crippen molar-refractivity contribution < 1.29 is 34.1 Å². The highest BCUT2D eigenvalue weighted by atomic mass is 16.5. The van der Waals surface area contributed by atoms with E-state index < -0.39 is 23.5 Å². The monoisotopic (exact) mass is 366 g/mol. The molecule has 0 saturated carbocycles. The number of rotatable bonds is 8. The van der Waals surface area contributed by atoms with Gasteiger partial charge < -0.3 is 14.9 Å².